The van der Waals surface area contributed by atoms with Crippen LogP contribution in [0.25, 0.3) is 0 Å². The van der Waals surface area contributed by atoms with Gasteiger partial charge in [-0.25, -0.2) is 9.59 Å². The molecule has 0 saturated heterocycles. The molecular weight excluding hydrogens is 326 g/mol. The number of hydrogen-bond donors (Lipinski definition) is 3. The van der Waals surface area contributed by atoms with E-state index < -0.39 is 11.9 Å². The van der Waals surface area contributed by atoms with Crippen molar-refractivity contribution >= 4 is 11.9 Å². The summed E-state index contributed by atoms with van der Waals surface area (Å²) in [5, 5.41) is 18.2. The Balaban J connectivity index is 0.000000823. The van der Waals surface area contributed by atoms with E-state index in [-0.39, 0.29) is 6.10 Å². The Morgan fingerprint density at radius 2 is 1.64 bits per heavy atom. The molecule has 0 aliphatic carbocycles. The standard InChI is InChI=1S/C16H27NO2.C2H2O4/c1-5-14(4)17-11-8-12-18-15-9-6-7-10-16(15)19-13(2)3;3-1(4)2(5)6/h6-7,9-10,13-14,17H,5,8,11-12H2,1-4H3;(H,3,4)(H,5,6). The highest BCUT2D eigenvalue weighted by atomic mass is 16.5. The van der Waals surface area contributed by atoms with Crippen LogP contribution in [0.3, 0.4) is 0 Å². The summed E-state index contributed by atoms with van der Waals surface area (Å²) in [5.41, 5.74) is 0. The monoisotopic (exact) mass is 355 g/mol. The molecule has 0 aromatic heterocycles. The number of benzene rings is 1. The lowest BCUT2D eigenvalue weighted by atomic mass is 10.2. The van der Waals surface area contributed by atoms with Gasteiger partial charge >= 0.3 is 11.9 Å². The Morgan fingerprint density at radius 1 is 1.08 bits per heavy atom. The van der Waals surface area contributed by atoms with E-state index >= 15 is 0 Å². The topological polar surface area (TPSA) is 105 Å². The van der Waals surface area contributed by atoms with Gasteiger partial charge in [-0.15, -0.1) is 0 Å². The third-order valence-electron chi connectivity index (χ3n) is 3.08. The average molecular weight is 355 g/mol. The summed E-state index contributed by atoms with van der Waals surface area (Å²) in [7, 11) is 0. The number of aliphatic carboxylic acids is 2. The van der Waals surface area contributed by atoms with Gasteiger partial charge in [0.2, 0.25) is 0 Å². The second-order valence-electron chi connectivity index (χ2n) is 5.69. The Labute approximate surface area is 149 Å². The molecule has 1 aromatic carbocycles. The van der Waals surface area contributed by atoms with Crippen molar-refractivity contribution < 1.29 is 29.3 Å². The molecule has 7 nitrogen and oxygen atoms in total. The minimum absolute atomic E-state index is 0.164. The molecule has 0 bridgehead atoms. The maximum Gasteiger partial charge on any atom is 0.414 e. The van der Waals surface area contributed by atoms with Gasteiger partial charge in [-0.2, -0.15) is 0 Å². The minimum Gasteiger partial charge on any atom is -0.490 e. The Bertz CT molecular complexity index is 506. The van der Waals surface area contributed by atoms with Crippen LogP contribution in [0.15, 0.2) is 24.3 Å². The van der Waals surface area contributed by atoms with Crippen molar-refractivity contribution in [1.82, 2.24) is 5.32 Å². The normalized spacial score (nSPS) is 11.2. The van der Waals surface area contributed by atoms with Gasteiger partial charge < -0.3 is 25.0 Å². The van der Waals surface area contributed by atoms with Crippen molar-refractivity contribution in [1.29, 1.82) is 0 Å². The summed E-state index contributed by atoms with van der Waals surface area (Å²) < 4.78 is 11.5. The van der Waals surface area contributed by atoms with Crippen LogP contribution in [0.4, 0.5) is 0 Å². The lowest BCUT2D eigenvalue weighted by Crippen LogP contribution is -2.27. The summed E-state index contributed by atoms with van der Waals surface area (Å²) in [6.45, 7) is 10.1. The highest BCUT2D eigenvalue weighted by Gasteiger charge is 2.06. The SMILES string of the molecule is CCC(C)NCCCOc1ccccc1OC(C)C.O=C(O)C(=O)O. The number of rotatable bonds is 9. The van der Waals surface area contributed by atoms with Crippen LogP contribution in [0.5, 0.6) is 11.5 Å². The molecule has 0 amide bonds. The van der Waals surface area contributed by atoms with Crippen LogP contribution in [0, 0.1) is 0 Å². The highest BCUT2D eigenvalue weighted by Crippen LogP contribution is 2.27. The maximum atomic E-state index is 9.10. The van der Waals surface area contributed by atoms with Crippen LogP contribution in [0.1, 0.15) is 40.5 Å². The molecule has 0 aliphatic heterocycles. The molecule has 0 radical (unpaired) electrons. The van der Waals surface area contributed by atoms with Gasteiger partial charge in [0.1, 0.15) is 0 Å². The fraction of sp³-hybridized carbons (Fsp3) is 0.556. The number of hydrogen-bond acceptors (Lipinski definition) is 5. The number of ether oxygens (including phenoxy) is 2. The number of carboxylic acid groups (broad SMARTS) is 2. The lowest BCUT2D eigenvalue weighted by molar-refractivity contribution is -0.159. The van der Waals surface area contributed by atoms with E-state index in [0.29, 0.717) is 12.6 Å². The summed E-state index contributed by atoms with van der Waals surface area (Å²) in [6.07, 6.45) is 2.32. The zero-order valence-electron chi connectivity index (χ0n) is 15.3. The number of carbonyl (C=O) groups is 2. The van der Waals surface area contributed by atoms with Crippen LogP contribution < -0.4 is 14.8 Å². The molecule has 7 heteroatoms. The number of nitrogens with one attached hydrogen (secondary N) is 1. The molecular formula is C18H29NO6. The van der Waals surface area contributed by atoms with Gasteiger partial charge in [0.15, 0.2) is 11.5 Å². The first-order chi connectivity index (χ1) is 11.8. The first-order valence-electron chi connectivity index (χ1n) is 8.36. The predicted molar refractivity (Wildman–Crippen MR) is 95.3 cm³/mol. The van der Waals surface area contributed by atoms with E-state index in [1.165, 1.54) is 0 Å². The van der Waals surface area contributed by atoms with Crippen molar-refractivity contribution in [3.8, 4) is 11.5 Å². The van der Waals surface area contributed by atoms with Gasteiger partial charge in [0, 0.05) is 6.04 Å². The van der Waals surface area contributed by atoms with Crippen LogP contribution in [-0.2, 0) is 9.59 Å². The molecule has 1 rings (SSSR count). The van der Waals surface area contributed by atoms with E-state index in [9.17, 15) is 0 Å². The van der Waals surface area contributed by atoms with Gasteiger partial charge in [0.25, 0.3) is 0 Å². The minimum atomic E-state index is -1.82. The van der Waals surface area contributed by atoms with Crippen LogP contribution >= 0.6 is 0 Å². The summed E-state index contributed by atoms with van der Waals surface area (Å²) >= 11 is 0. The quantitative estimate of drug-likeness (QED) is 0.462. The van der Waals surface area contributed by atoms with Crippen molar-refractivity contribution in [3.05, 3.63) is 24.3 Å². The molecule has 3 N–H and O–H groups in total. The molecule has 142 valence electrons. The number of carboxylic acids is 2. The zero-order valence-corrected chi connectivity index (χ0v) is 15.3. The van der Waals surface area contributed by atoms with E-state index in [1.807, 2.05) is 38.1 Å². The lowest BCUT2D eigenvalue weighted by Gasteiger charge is -2.15. The molecule has 1 unspecified atom stereocenters. The largest absolute Gasteiger partial charge is 0.490 e. The summed E-state index contributed by atoms with van der Waals surface area (Å²) in [5.74, 6) is -1.99. The predicted octanol–water partition coefficient (Wildman–Crippen LogP) is 2.79. The molecule has 1 aromatic rings. The molecule has 0 aliphatic rings. The van der Waals surface area contributed by atoms with Crippen molar-refractivity contribution in [2.45, 2.75) is 52.7 Å². The molecule has 25 heavy (non-hydrogen) atoms. The summed E-state index contributed by atoms with van der Waals surface area (Å²) in [4.78, 5) is 18.2. The highest BCUT2D eigenvalue weighted by molar-refractivity contribution is 6.27. The van der Waals surface area contributed by atoms with Gasteiger partial charge in [-0.3, -0.25) is 0 Å². The zero-order chi connectivity index (χ0) is 19.2. The molecule has 1 atom stereocenters. The Kier molecular flexibility index (Phi) is 11.9. The van der Waals surface area contributed by atoms with Gasteiger partial charge in [-0.1, -0.05) is 19.1 Å². The molecule has 0 spiro atoms. The van der Waals surface area contributed by atoms with Gasteiger partial charge in [0.05, 0.1) is 12.7 Å². The van der Waals surface area contributed by atoms with E-state index in [1.54, 1.807) is 0 Å². The Morgan fingerprint density at radius 3 is 2.12 bits per heavy atom. The number of para-hydroxylation sites is 2. The second kappa shape index (κ2) is 13.1. The molecule has 0 saturated carbocycles. The molecule has 0 fully saturated rings. The maximum absolute atomic E-state index is 9.10. The van der Waals surface area contributed by atoms with Gasteiger partial charge in [-0.05, 0) is 52.3 Å². The fourth-order valence-corrected chi connectivity index (χ4v) is 1.67. The third kappa shape index (κ3) is 11.8. The van der Waals surface area contributed by atoms with Crippen LogP contribution in [0.2, 0.25) is 0 Å². The fourth-order valence-electron chi connectivity index (χ4n) is 1.67. The molecule has 0 heterocycles. The van der Waals surface area contributed by atoms with E-state index in [4.69, 9.17) is 29.3 Å². The second-order valence-corrected chi connectivity index (χ2v) is 5.69. The average Bonchev–Trinajstić information content (AvgIpc) is 2.55. The first-order valence-corrected chi connectivity index (χ1v) is 8.36. The van der Waals surface area contributed by atoms with Crippen molar-refractivity contribution in [3.63, 3.8) is 0 Å². The van der Waals surface area contributed by atoms with Crippen LogP contribution in [-0.4, -0.2) is 47.4 Å². The smallest absolute Gasteiger partial charge is 0.414 e. The Hall–Kier alpha value is -2.28. The van der Waals surface area contributed by atoms with Crippen molar-refractivity contribution in [2.24, 2.45) is 0 Å². The first kappa shape index (κ1) is 22.7. The van der Waals surface area contributed by atoms with E-state index in [0.717, 1.165) is 30.9 Å². The summed E-state index contributed by atoms with van der Waals surface area (Å²) in [6, 6.07) is 8.43. The van der Waals surface area contributed by atoms with E-state index in [2.05, 4.69) is 19.2 Å². The van der Waals surface area contributed by atoms with Crippen molar-refractivity contribution in [2.75, 3.05) is 13.2 Å². The third-order valence-corrected chi connectivity index (χ3v) is 3.08.